The lowest BCUT2D eigenvalue weighted by atomic mass is 10.2. The van der Waals surface area contributed by atoms with Gasteiger partial charge in [-0.05, 0) is 38.4 Å². The Bertz CT molecular complexity index is 374. The largest absolute Gasteiger partial charge is 0.491 e. The minimum atomic E-state index is 0.00981. The predicted octanol–water partition coefficient (Wildman–Crippen LogP) is 0.325. The van der Waals surface area contributed by atoms with Crippen LogP contribution < -0.4 is 10.5 Å². The topological polar surface area (TPSA) is 71.1 Å². The minimum absolute atomic E-state index is 0.00981. The second-order valence-corrected chi connectivity index (χ2v) is 4.17. The monoisotopic (exact) mass is 251 g/mol. The fraction of sp³-hybridized carbons (Fsp3) is 0.462. The molecular formula is C13H21N3O2. The second-order valence-electron chi connectivity index (χ2n) is 4.17. The minimum Gasteiger partial charge on any atom is -0.491 e. The van der Waals surface area contributed by atoms with Gasteiger partial charge in [0.05, 0.1) is 13.2 Å². The Morgan fingerprint density at radius 2 is 2.00 bits per heavy atom. The highest BCUT2D eigenvalue weighted by atomic mass is 16.5. The lowest BCUT2D eigenvalue weighted by Gasteiger charge is -2.08. The van der Waals surface area contributed by atoms with Crippen molar-refractivity contribution in [1.82, 2.24) is 4.90 Å². The Labute approximate surface area is 108 Å². The third-order valence-corrected chi connectivity index (χ3v) is 2.34. The first-order valence-electron chi connectivity index (χ1n) is 5.92. The van der Waals surface area contributed by atoms with Crippen molar-refractivity contribution in [1.29, 1.82) is 0 Å². The van der Waals surface area contributed by atoms with E-state index in [1.54, 1.807) is 0 Å². The van der Waals surface area contributed by atoms with Gasteiger partial charge in [-0.2, -0.15) is 0 Å². The van der Waals surface area contributed by atoms with Crippen LogP contribution >= 0.6 is 0 Å². The maximum absolute atomic E-state index is 8.64. The molecule has 100 valence electrons. The van der Waals surface area contributed by atoms with Crippen LogP contribution in [0.4, 0.5) is 0 Å². The zero-order valence-electron chi connectivity index (χ0n) is 11.0. The predicted molar refractivity (Wildman–Crippen MR) is 73.2 cm³/mol. The molecule has 0 unspecified atom stereocenters. The number of aliphatic hydroxyl groups is 1. The van der Waals surface area contributed by atoms with Crippen molar-refractivity contribution in [3.05, 3.63) is 29.8 Å². The van der Waals surface area contributed by atoms with Crippen molar-refractivity contribution in [3.8, 4) is 5.75 Å². The molecule has 0 spiro atoms. The standard InChI is InChI=1S/C13H21N3O2/c1-16(2)8-7-15-13(14)11-3-5-12(6-4-11)18-10-9-17/h3-6,17H,7-10H2,1-2H3,(H2,14,15). The van der Waals surface area contributed by atoms with Crippen LogP contribution in [0.15, 0.2) is 29.3 Å². The maximum atomic E-state index is 8.64. The Morgan fingerprint density at radius 1 is 1.33 bits per heavy atom. The van der Waals surface area contributed by atoms with Crippen LogP contribution in [0.1, 0.15) is 5.56 Å². The highest BCUT2D eigenvalue weighted by Crippen LogP contribution is 2.11. The zero-order chi connectivity index (χ0) is 13.4. The van der Waals surface area contributed by atoms with E-state index in [4.69, 9.17) is 15.6 Å². The number of benzene rings is 1. The summed E-state index contributed by atoms with van der Waals surface area (Å²) < 4.78 is 5.27. The van der Waals surface area contributed by atoms with Crippen LogP contribution in [0, 0.1) is 0 Å². The summed E-state index contributed by atoms with van der Waals surface area (Å²) in [6.45, 7) is 1.86. The molecule has 0 bridgehead atoms. The number of aliphatic hydroxyl groups excluding tert-OH is 1. The van der Waals surface area contributed by atoms with E-state index in [0.717, 1.165) is 12.1 Å². The van der Waals surface area contributed by atoms with Crippen molar-refractivity contribution >= 4 is 5.84 Å². The fourth-order valence-corrected chi connectivity index (χ4v) is 1.35. The number of rotatable bonds is 7. The van der Waals surface area contributed by atoms with Crippen LogP contribution in [0.2, 0.25) is 0 Å². The van der Waals surface area contributed by atoms with Gasteiger partial charge in [-0.1, -0.05) is 0 Å². The van der Waals surface area contributed by atoms with Gasteiger partial charge in [0.25, 0.3) is 0 Å². The molecule has 1 rings (SSSR count). The van der Waals surface area contributed by atoms with E-state index in [2.05, 4.69) is 9.89 Å². The fourth-order valence-electron chi connectivity index (χ4n) is 1.35. The van der Waals surface area contributed by atoms with Crippen LogP contribution in [0.5, 0.6) is 5.75 Å². The van der Waals surface area contributed by atoms with Gasteiger partial charge in [-0.15, -0.1) is 0 Å². The van der Waals surface area contributed by atoms with E-state index in [9.17, 15) is 0 Å². The number of aliphatic imine (C=N–C) groups is 1. The summed E-state index contributed by atoms with van der Waals surface area (Å²) in [5.74, 6) is 1.25. The van der Waals surface area contributed by atoms with E-state index in [-0.39, 0.29) is 6.61 Å². The number of hydrogen-bond donors (Lipinski definition) is 2. The van der Waals surface area contributed by atoms with Gasteiger partial charge in [0.2, 0.25) is 0 Å². The number of ether oxygens (including phenoxy) is 1. The number of amidine groups is 1. The Kier molecular flexibility index (Phi) is 6.18. The lowest BCUT2D eigenvalue weighted by molar-refractivity contribution is 0.201. The Morgan fingerprint density at radius 3 is 2.56 bits per heavy atom. The van der Waals surface area contributed by atoms with Crippen LogP contribution in [0.25, 0.3) is 0 Å². The smallest absolute Gasteiger partial charge is 0.125 e. The number of hydrogen-bond acceptors (Lipinski definition) is 4. The van der Waals surface area contributed by atoms with Gasteiger partial charge >= 0.3 is 0 Å². The summed E-state index contributed by atoms with van der Waals surface area (Å²) in [4.78, 5) is 6.36. The van der Waals surface area contributed by atoms with E-state index in [1.165, 1.54) is 0 Å². The van der Waals surface area contributed by atoms with Gasteiger partial charge in [-0.3, -0.25) is 4.99 Å². The van der Waals surface area contributed by atoms with E-state index >= 15 is 0 Å². The third-order valence-electron chi connectivity index (χ3n) is 2.34. The summed E-state index contributed by atoms with van der Waals surface area (Å²) >= 11 is 0. The SMILES string of the molecule is CN(C)CCN=C(N)c1ccc(OCCO)cc1. The normalized spacial score (nSPS) is 11.9. The first-order valence-corrected chi connectivity index (χ1v) is 5.92. The molecule has 1 aromatic rings. The molecule has 0 fully saturated rings. The molecule has 5 nitrogen and oxygen atoms in total. The lowest BCUT2D eigenvalue weighted by Crippen LogP contribution is -2.19. The molecular weight excluding hydrogens is 230 g/mol. The Hall–Kier alpha value is -1.59. The average Bonchev–Trinajstić information content (AvgIpc) is 2.36. The molecule has 0 amide bonds. The van der Waals surface area contributed by atoms with Crippen LogP contribution in [0.3, 0.4) is 0 Å². The number of nitrogens with two attached hydrogens (primary N) is 1. The quantitative estimate of drug-likeness (QED) is 0.541. The van der Waals surface area contributed by atoms with E-state index < -0.39 is 0 Å². The molecule has 18 heavy (non-hydrogen) atoms. The van der Waals surface area contributed by atoms with Crippen molar-refractivity contribution < 1.29 is 9.84 Å². The molecule has 0 aliphatic carbocycles. The van der Waals surface area contributed by atoms with Crippen LogP contribution in [-0.2, 0) is 0 Å². The summed E-state index contributed by atoms with van der Waals surface area (Å²) in [5.41, 5.74) is 6.76. The van der Waals surface area contributed by atoms with Crippen molar-refractivity contribution in [2.75, 3.05) is 40.4 Å². The molecule has 0 heterocycles. The average molecular weight is 251 g/mol. The van der Waals surface area contributed by atoms with Gasteiger partial charge in [0, 0.05) is 12.1 Å². The summed E-state index contributed by atoms with van der Waals surface area (Å²) in [6.07, 6.45) is 0. The van der Waals surface area contributed by atoms with Crippen molar-refractivity contribution in [2.45, 2.75) is 0 Å². The second kappa shape index (κ2) is 7.68. The van der Waals surface area contributed by atoms with Crippen LogP contribution in [-0.4, -0.2) is 56.2 Å². The van der Waals surface area contributed by atoms with E-state index in [1.807, 2.05) is 38.4 Å². The molecule has 0 saturated heterocycles. The van der Waals surface area contributed by atoms with Crippen molar-refractivity contribution in [3.63, 3.8) is 0 Å². The summed E-state index contributed by atoms with van der Waals surface area (Å²) in [5, 5.41) is 8.64. The first-order chi connectivity index (χ1) is 8.63. The molecule has 0 radical (unpaired) electrons. The Balaban J connectivity index is 2.55. The molecule has 0 aliphatic rings. The molecule has 5 heteroatoms. The highest BCUT2D eigenvalue weighted by Gasteiger charge is 1.99. The summed E-state index contributed by atoms with van der Waals surface area (Å²) in [6, 6.07) is 7.36. The van der Waals surface area contributed by atoms with Gasteiger partial charge in [-0.25, -0.2) is 0 Å². The van der Waals surface area contributed by atoms with Gasteiger partial charge in [0.1, 0.15) is 18.2 Å². The molecule has 0 aliphatic heterocycles. The molecule has 0 atom stereocenters. The number of likely N-dealkylation sites (N-methyl/N-ethyl adjacent to an activating group) is 1. The maximum Gasteiger partial charge on any atom is 0.125 e. The third kappa shape index (κ3) is 5.16. The first kappa shape index (κ1) is 14.5. The number of nitrogens with zero attached hydrogens (tertiary/aromatic N) is 2. The molecule has 0 aromatic heterocycles. The van der Waals surface area contributed by atoms with E-state index in [0.29, 0.717) is 24.7 Å². The highest BCUT2D eigenvalue weighted by molar-refractivity contribution is 5.97. The van der Waals surface area contributed by atoms with Gasteiger partial charge in [0.15, 0.2) is 0 Å². The molecule has 1 aromatic carbocycles. The summed E-state index contributed by atoms with van der Waals surface area (Å²) in [7, 11) is 4.00. The molecule has 0 saturated carbocycles. The molecule has 3 N–H and O–H groups in total. The van der Waals surface area contributed by atoms with Gasteiger partial charge < -0.3 is 20.5 Å². The zero-order valence-corrected chi connectivity index (χ0v) is 11.0. The van der Waals surface area contributed by atoms with Crippen molar-refractivity contribution in [2.24, 2.45) is 10.7 Å².